The van der Waals surface area contributed by atoms with Gasteiger partial charge in [-0.05, 0) is 78.5 Å². The summed E-state index contributed by atoms with van der Waals surface area (Å²) in [6, 6.07) is 31.3. The van der Waals surface area contributed by atoms with Crippen molar-refractivity contribution < 1.29 is 9.59 Å². The highest BCUT2D eigenvalue weighted by Gasteiger charge is 2.13. The van der Waals surface area contributed by atoms with Crippen LogP contribution in [-0.4, -0.2) is 16.9 Å². The molecule has 0 aliphatic heterocycles. The van der Waals surface area contributed by atoms with Gasteiger partial charge in [-0.15, -0.1) is 0 Å². The molecule has 37 heavy (non-hydrogen) atoms. The van der Waals surface area contributed by atoms with Gasteiger partial charge in [0.05, 0.1) is 11.3 Å². The lowest BCUT2D eigenvalue weighted by Crippen LogP contribution is -2.33. The molecule has 0 bridgehead atoms. The van der Waals surface area contributed by atoms with Crippen LogP contribution in [0.15, 0.2) is 109 Å². The molecule has 0 saturated heterocycles. The number of hydrogen-bond donors (Lipinski definition) is 4. The van der Waals surface area contributed by atoms with Gasteiger partial charge in [0.2, 0.25) is 5.91 Å². The van der Waals surface area contributed by atoms with Crippen LogP contribution in [0.5, 0.6) is 0 Å². The Morgan fingerprint density at radius 1 is 0.703 bits per heavy atom. The van der Waals surface area contributed by atoms with Gasteiger partial charge in [-0.3, -0.25) is 14.9 Å². The summed E-state index contributed by atoms with van der Waals surface area (Å²) in [5.74, 6) is -0.747. The van der Waals surface area contributed by atoms with Crippen LogP contribution in [0, 0.1) is 0 Å². The third-order valence-electron chi connectivity index (χ3n) is 5.18. The van der Waals surface area contributed by atoms with Gasteiger partial charge < -0.3 is 16.0 Å². The van der Waals surface area contributed by atoms with Gasteiger partial charge in [0.25, 0.3) is 5.91 Å². The molecular weight excluding hydrogens is 504 g/mol. The molecule has 0 saturated carbocycles. The minimum atomic E-state index is -0.427. The molecule has 0 heterocycles. The van der Waals surface area contributed by atoms with Crippen molar-refractivity contribution in [1.29, 1.82) is 0 Å². The highest BCUT2D eigenvalue weighted by molar-refractivity contribution is 7.80. The van der Waals surface area contributed by atoms with Crippen molar-refractivity contribution in [2.24, 2.45) is 0 Å². The zero-order valence-corrected chi connectivity index (χ0v) is 21.1. The van der Waals surface area contributed by atoms with Gasteiger partial charge in [0.15, 0.2) is 5.11 Å². The minimum absolute atomic E-state index is 0.0606. The second-order valence-corrected chi connectivity index (χ2v) is 8.68. The number of thiocarbonyl (C=S) groups is 1. The van der Waals surface area contributed by atoms with Crippen molar-refractivity contribution in [2.45, 2.75) is 0 Å². The number of amides is 2. The smallest absolute Gasteiger partial charge is 0.257 e. The van der Waals surface area contributed by atoms with Crippen LogP contribution in [-0.2, 0) is 4.79 Å². The van der Waals surface area contributed by atoms with Crippen LogP contribution in [0.3, 0.4) is 0 Å². The number of para-hydroxylation sites is 2. The number of hydrogen-bond acceptors (Lipinski definition) is 4. The Morgan fingerprint density at radius 3 is 2.08 bits per heavy atom. The fourth-order valence-corrected chi connectivity index (χ4v) is 3.81. The summed E-state index contributed by atoms with van der Waals surface area (Å²) in [5.41, 5.74) is 4.06. The molecule has 0 atom stereocenters. The number of carbonyl (C=O) groups excluding carboxylic acids is 2. The first-order valence-corrected chi connectivity index (χ1v) is 12.1. The van der Waals surface area contributed by atoms with E-state index in [4.69, 9.17) is 23.8 Å². The van der Waals surface area contributed by atoms with E-state index in [1.807, 2.05) is 66.7 Å². The first-order valence-electron chi connectivity index (χ1n) is 11.3. The molecule has 4 N–H and O–H groups in total. The summed E-state index contributed by atoms with van der Waals surface area (Å²) in [4.78, 5) is 25.3. The van der Waals surface area contributed by atoms with Gasteiger partial charge in [-0.2, -0.15) is 0 Å². The first-order chi connectivity index (χ1) is 18.0. The van der Waals surface area contributed by atoms with Gasteiger partial charge in [-0.25, -0.2) is 0 Å². The monoisotopic (exact) mass is 526 g/mol. The maximum Gasteiger partial charge on any atom is 0.257 e. The van der Waals surface area contributed by atoms with Crippen LogP contribution < -0.4 is 21.3 Å². The van der Waals surface area contributed by atoms with E-state index in [1.54, 1.807) is 42.5 Å². The molecule has 0 aliphatic rings. The van der Waals surface area contributed by atoms with E-state index in [0.717, 1.165) is 11.4 Å². The van der Waals surface area contributed by atoms with E-state index < -0.39 is 5.91 Å². The molecule has 0 radical (unpaired) electrons. The zero-order chi connectivity index (χ0) is 26.0. The number of halogens is 1. The van der Waals surface area contributed by atoms with Crippen molar-refractivity contribution in [2.75, 3.05) is 16.0 Å². The maximum atomic E-state index is 13.0. The molecule has 6 nitrogen and oxygen atoms in total. The lowest BCUT2D eigenvalue weighted by atomic mass is 10.1. The first kappa shape index (κ1) is 25.6. The molecule has 2 amide bonds. The summed E-state index contributed by atoms with van der Waals surface area (Å²) in [6.07, 6.45) is 2.94. The van der Waals surface area contributed by atoms with Crippen LogP contribution in [0.1, 0.15) is 15.9 Å². The van der Waals surface area contributed by atoms with Crippen molar-refractivity contribution in [3.63, 3.8) is 0 Å². The highest BCUT2D eigenvalue weighted by Crippen LogP contribution is 2.21. The average molecular weight is 527 g/mol. The molecular formula is C29H23ClN4O2S. The number of carbonyl (C=O) groups is 2. The number of nitrogens with one attached hydrogen (secondary N) is 4. The van der Waals surface area contributed by atoms with Crippen molar-refractivity contribution >= 4 is 69.6 Å². The lowest BCUT2D eigenvalue weighted by Gasteiger charge is -2.13. The van der Waals surface area contributed by atoms with Gasteiger partial charge in [0, 0.05) is 28.2 Å². The highest BCUT2D eigenvalue weighted by atomic mass is 35.5. The summed E-state index contributed by atoms with van der Waals surface area (Å²) in [6.45, 7) is 0. The Balaban J connectivity index is 1.36. The van der Waals surface area contributed by atoms with Crippen molar-refractivity contribution in [1.82, 2.24) is 5.32 Å². The van der Waals surface area contributed by atoms with Crippen molar-refractivity contribution in [3.05, 3.63) is 125 Å². The SMILES string of the molecule is O=C(C=Cc1ccccc1Cl)NC(=S)Nc1ccccc1C(=O)Nc1ccc(Nc2ccccc2)cc1. The van der Waals surface area contributed by atoms with E-state index in [1.165, 1.54) is 6.08 Å². The predicted molar refractivity (Wildman–Crippen MR) is 155 cm³/mol. The van der Waals surface area contributed by atoms with Crippen LogP contribution in [0.25, 0.3) is 6.08 Å². The Labute approximate surface area is 225 Å². The van der Waals surface area contributed by atoms with E-state index >= 15 is 0 Å². The second-order valence-electron chi connectivity index (χ2n) is 7.87. The Kier molecular flexibility index (Phi) is 8.65. The number of anilines is 4. The van der Waals surface area contributed by atoms with Crippen LogP contribution in [0.2, 0.25) is 5.02 Å². The normalized spacial score (nSPS) is 10.5. The van der Waals surface area contributed by atoms with E-state index in [0.29, 0.717) is 27.5 Å². The molecule has 4 aromatic carbocycles. The molecule has 8 heteroatoms. The quantitative estimate of drug-likeness (QED) is 0.156. The van der Waals surface area contributed by atoms with Gasteiger partial charge >= 0.3 is 0 Å². The molecule has 0 aliphatic carbocycles. The topological polar surface area (TPSA) is 82.3 Å². The Morgan fingerprint density at radius 2 is 1.32 bits per heavy atom. The Hall–Kier alpha value is -4.46. The zero-order valence-electron chi connectivity index (χ0n) is 19.6. The minimum Gasteiger partial charge on any atom is -0.356 e. The van der Waals surface area contributed by atoms with Crippen LogP contribution in [0.4, 0.5) is 22.7 Å². The summed E-state index contributed by atoms with van der Waals surface area (Å²) in [7, 11) is 0. The maximum absolute atomic E-state index is 13.0. The van der Waals surface area contributed by atoms with Crippen LogP contribution >= 0.6 is 23.8 Å². The molecule has 0 fully saturated rings. The largest absolute Gasteiger partial charge is 0.356 e. The van der Waals surface area contributed by atoms with Gasteiger partial charge in [-0.1, -0.05) is 60.1 Å². The molecule has 4 aromatic rings. The fraction of sp³-hybridized carbons (Fsp3) is 0. The number of benzene rings is 4. The van der Waals surface area contributed by atoms with Crippen molar-refractivity contribution in [3.8, 4) is 0 Å². The molecule has 184 valence electrons. The van der Waals surface area contributed by atoms with E-state index in [-0.39, 0.29) is 11.0 Å². The molecule has 4 rings (SSSR count). The second kappa shape index (κ2) is 12.5. The molecule has 0 aromatic heterocycles. The standard InChI is InChI=1S/C29H23ClN4O2S/c30-25-12-6-4-8-20(25)14-19-27(35)34-29(37)33-26-13-7-5-11-24(26)28(36)32-23-17-15-22(16-18-23)31-21-9-2-1-3-10-21/h1-19,31H,(H,32,36)(H2,33,34,35,37). The third-order valence-corrected chi connectivity index (χ3v) is 5.73. The summed E-state index contributed by atoms with van der Waals surface area (Å²) in [5, 5.41) is 12.3. The summed E-state index contributed by atoms with van der Waals surface area (Å²) < 4.78 is 0. The van der Waals surface area contributed by atoms with E-state index in [9.17, 15) is 9.59 Å². The average Bonchev–Trinajstić information content (AvgIpc) is 2.90. The third kappa shape index (κ3) is 7.51. The Bertz CT molecular complexity index is 1440. The lowest BCUT2D eigenvalue weighted by molar-refractivity contribution is -0.115. The fourth-order valence-electron chi connectivity index (χ4n) is 3.40. The molecule has 0 unspecified atom stereocenters. The van der Waals surface area contributed by atoms with Gasteiger partial charge in [0.1, 0.15) is 0 Å². The number of rotatable bonds is 7. The molecule has 0 spiro atoms. The summed E-state index contributed by atoms with van der Waals surface area (Å²) >= 11 is 11.4. The van der Waals surface area contributed by atoms with E-state index in [2.05, 4.69) is 21.3 Å². The predicted octanol–water partition coefficient (Wildman–Crippen LogP) is 6.86.